The predicted octanol–water partition coefficient (Wildman–Crippen LogP) is 15.6. The maximum atomic E-state index is 6.63. The van der Waals surface area contributed by atoms with Crippen LogP contribution >= 0.6 is 11.3 Å². The van der Waals surface area contributed by atoms with Gasteiger partial charge in [0.1, 0.15) is 5.58 Å². The third-order valence-corrected chi connectivity index (χ3v) is 12.1. The molecule has 3 heteroatoms. The van der Waals surface area contributed by atoms with Gasteiger partial charge in [-0.3, -0.25) is 0 Å². The van der Waals surface area contributed by atoms with E-state index in [4.69, 9.17) is 4.42 Å². The van der Waals surface area contributed by atoms with Crippen molar-refractivity contribution in [1.82, 2.24) is 0 Å². The summed E-state index contributed by atoms with van der Waals surface area (Å²) < 4.78 is 9.16. The molecule has 11 rings (SSSR count). The van der Waals surface area contributed by atoms with E-state index in [2.05, 4.69) is 199 Å². The van der Waals surface area contributed by atoms with Gasteiger partial charge in [-0.15, -0.1) is 11.3 Å². The number of hydrogen-bond donors (Lipinski definition) is 0. The topological polar surface area (TPSA) is 16.4 Å². The number of anilines is 3. The minimum atomic E-state index is 0.881. The normalized spacial score (nSPS) is 11.6. The van der Waals surface area contributed by atoms with Gasteiger partial charge >= 0.3 is 0 Å². The maximum Gasteiger partial charge on any atom is 0.159 e. The van der Waals surface area contributed by atoms with Crippen LogP contribution in [0.4, 0.5) is 17.1 Å². The molecule has 2 heterocycles. The second-order valence-corrected chi connectivity index (χ2v) is 15.2. The third-order valence-electron chi connectivity index (χ3n) is 10.9. The van der Waals surface area contributed by atoms with E-state index in [1.165, 1.54) is 64.3 Å². The lowest BCUT2D eigenvalue weighted by atomic mass is 9.96. The van der Waals surface area contributed by atoms with E-state index in [0.717, 1.165) is 39.0 Å². The van der Waals surface area contributed by atoms with Gasteiger partial charge in [0.25, 0.3) is 0 Å². The van der Waals surface area contributed by atoms with Crippen molar-refractivity contribution >= 4 is 81.3 Å². The molecule has 0 aliphatic rings. The molecule has 0 aliphatic carbocycles. The Morgan fingerprint density at radius 3 is 1.75 bits per heavy atom. The highest BCUT2D eigenvalue weighted by Gasteiger charge is 2.22. The summed E-state index contributed by atoms with van der Waals surface area (Å²) in [4.78, 5) is 2.37. The molecule has 0 amide bonds. The van der Waals surface area contributed by atoms with Crippen LogP contribution in [0.1, 0.15) is 0 Å². The molecule has 0 N–H and O–H groups in total. The van der Waals surface area contributed by atoms with Gasteiger partial charge in [-0.1, -0.05) is 152 Å². The number of furan rings is 1. The second kappa shape index (κ2) is 12.9. The quantitative estimate of drug-likeness (QED) is 0.170. The molecule has 0 unspecified atom stereocenters. The van der Waals surface area contributed by atoms with Gasteiger partial charge in [0.05, 0.1) is 16.1 Å². The van der Waals surface area contributed by atoms with E-state index < -0.39 is 0 Å². The molecule has 0 fully saturated rings. The Bertz CT molecular complexity index is 3090. The first kappa shape index (κ1) is 31.6. The molecule has 2 nitrogen and oxygen atoms in total. The smallest absolute Gasteiger partial charge is 0.159 e. The first-order valence-electron chi connectivity index (χ1n) is 18.7. The Morgan fingerprint density at radius 1 is 0.364 bits per heavy atom. The summed E-state index contributed by atoms with van der Waals surface area (Å²) in [5.74, 6) is 0. The fourth-order valence-electron chi connectivity index (χ4n) is 8.13. The molecule has 9 aromatic carbocycles. The zero-order valence-corrected chi connectivity index (χ0v) is 30.6. The van der Waals surface area contributed by atoms with Crippen LogP contribution in [0, 0.1) is 0 Å². The Morgan fingerprint density at radius 2 is 0.927 bits per heavy atom. The first-order valence-corrected chi connectivity index (χ1v) is 19.5. The molecular formula is C52H33NOS. The molecule has 0 saturated heterocycles. The van der Waals surface area contributed by atoms with E-state index in [0.29, 0.717) is 0 Å². The van der Waals surface area contributed by atoms with Gasteiger partial charge in [0, 0.05) is 31.9 Å². The predicted molar refractivity (Wildman–Crippen MR) is 235 cm³/mol. The van der Waals surface area contributed by atoms with Crippen LogP contribution in [-0.2, 0) is 0 Å². The minimum absolute atomic E-state index is 0.881. The van der Waals surface area contributed by atoms with Crippen LogP contribution in [0.3, 0.4) is 0 Å². The SMILES string of the molecule is c1cc(-c2ccc(-c3ccc(N(c4cccc5c4oc4ccccc45)c4cccc5c4sc4ccccc45)cc3)cc2)cc(-c2ccc3ccccc3c2)c1. The summed E-state index contributed by atoms with van der Waals surface area (Å²) in [7, 11) is 0. The zero-order chi connectivity index (χ0) is 36.3. The molecule has 0 radical (unpaired) electrons. The molecule has 0 aliphatic heterocycles. The lowest BCUT2D eigenvalue weighted by Crippen LogP contribution is -2.10. The lowest BCUT2D eigenvalue weighted by Gasteiger charge is -2.26. The molecule has 55 heavy (non-hydrogen) atoms. The van der Waals surface area contributed by atoms with Crippen LogP contribution in [0.5, 0.6) is 0 Å². The number of benzene rings is 9. The van der Waals surface area contributed by atoms with E-state index in [1.54, 1.807) is 0 Å². The number of thiophene rings is 1. The summed E-state index contributed by atoms with van der Waals surface area (Å²) in [5.41, 5.74) is 12.2. The van der Waals surface area contributed by atoms with Crippen LogP contribution in [0.15, 0.2) is 205 Å². The van der Waals surface area contributed by atoms with Gasteiger partial charge in [-0.2, -0.15) is 0 Å². The average Bonchev–Trinajstić information content (AvgIpc) is 3.84. The zero-order valence-electron chi connectivity index (χ0n) is 29.8. The Labute approximate surface area is 322 Å². The number of rotatable bonds is 6. The van der Waals surface area contributed by atoms with Gasteiger partial charge in [0.2, 0.25) is 0 Å². The molecule has 11 aromatic rings. The van der Waals surface area contributed by atoms with Crippen LogP contribution in [-0.4, -0.2) is 0 Å². The molecule has 0 atom stereocenters. The largest absolute Gasteiger partial charge is 0.454 e. The molecular weight excluding hydrogens is 687 g/mol. The van der Waals surface area contributed by atoms with Crippen molar-refractivity contribution in [2.45, 2.75) is 0 Å². The van der Waals surface area contributed by atoms with Gasteiger partial charge in [0.15, 0.2) is 5.58 Å². The average molecular weight is 720 g/mol. The van der Waals surface area contributed by atoms with Crippen LogP contribution < -0.4 is 4.90 Å². The van der Waals surface area contributed by atoms with Crippen LogP contribution in [0.2, 0.25) is 0 Å². The standard InChI is InChI=1S/C52H33NOS/c1-2-11-38-33-41(27-26-34(38)10-1)40-13-7-12-39(32-40)37-24-22-35(23-25-37)36-28-30-42(31-29-36)53(47-18-8-16-45-43-14-3-5-20-49(43)54-51(45)47)48-19-9-17-46-44-15-4-6-21-50(44)55-52(46)48/h1-33H. The summed E-state index contributed by atoms with van der Waals surface area (Å²) in [6.07, 6.45) is 0. The summed E-state index contributed by atoms with van der Waals surface area (Å²) in [6.45, 7) is 0. The Hall–Kier alpha value is -6.94. The second-order valence-electron chi connectivity index (χ2n) is 14.1. The monoisotopic (exact) mass is 719 g/mol. The number of nitrogens with zero attached hydrogens (tertiary/aromatic N) is 1. The third kappa shape index (κ3) is 5.40. The fraction of sp³-hybridized carbons (Fsp3) is 0. The maximum absolute atomic E-state index is 6.63. The fourth-order valence-corrected chi connectivity index (χ4v) is 9.34. The molecule has 258 valence electrons. The van der Waals surface area contributed by atoms with Crippen molar-refractivity contribution in [3.8, 4) is 33.4 Å². The van der Waals surface area contributed by atoms with Crippen molar-refractivity contribution in [3.63, 3.8) is 0 Å². The molecule has 0 spiro atoms. The van der Waals surface area contributed by atoms with E-state index in [9.17, 15) is 0 Å². The molecule has 2 aromatic heterocycles. The summed E-state index contributed by atoms with van der Waals surface area (Å²) in [6, 6.07) is 72.1. The van der Waals surface area contributed by atoms with E-state index in [1.807, 2.05) is 17.4 Å². The minimum Gasteiger partial charge on any atom is -0.454 e. The highest BCUT2D eigenvalue weighted by molar-refractivity contribution is 7.26. The number of hydrogen-bond acceptors (Lipinski definition) is 3. The van der Waals surface area contributed by atoms with Gasteiger partial charge in [-0.05, 0) is 92.7 Å². The Balaban J connectivity index is 0.974. The van der Waals surface area contributed by atoms with Crippen molar-refractivity contribution in [2.75, 3.05) is 4.90 Å². The molecule has 0 saturated carbocycles. The lowest BCUT2D eigenvalue weighted by molar-refractivity contribution is 0.669. The van der Waals surface area contributed by atoms with Crippen molar-refractivity contribution in [1.29, 1.82) is 0 Å². The van der Waals surface area contributed by atoms with Gasteiger partial charge in [-0.25, -0.2) is 0 Å². The van der Waals surface area contributed by atoms with Gasteiger partial charge < -0.3 is 9.32 Å². The number of fused-ring (bicyclic) bond motifs is 7. The highest BCUT2D eigenvalue weighted by Crippen LogP contribution is 2.47. The summed E-state index contributed by atoms with van der Waals surface area (Å²) in [5, 5.41) is 7.30. The first-order chi connectivity index (χ1) is 27.2. The van der Waals surface area contributed by atoms with E-state index >= 15 is 0 Å². The van der Waals surface area contributed by atoms with Crippen molar-refractivity contribution in [3.05, 3.63) is 200 Å². The van der Waals surface area contributed by atoms with Crippen LogP contribution in [0.25, 0.3) is 86.3 Å². The number of para-hydroxylation sites is 2. The summed E-state index contributed by atoms with van der Waals surface area (Å²) >= 11 is 1.84. The van der Waals surface area contributed by atoms with E-state index in [-0.39, 0.29) is 0 Å². The molecule has 0 bridgehead atoms. The van der Waals surface area contributed by atoms with Crippen molar-refractivity contribution < 1.29 is 4.42 Å². The van der Waals surface area contributed by atoms with Crippen molar-refractivity contribution in [2.24, 2.45) is 0 Å². The highest BCUT2D eigenvalue weighted by atomic mass is 32.1. The Kier molecular flexibility index (Phi) is 7.39.